The van der Waals surface area contributed by atoms with Crippen LogP contribution in [0.5, 0.6) is 5.75 Å². The number of carbonyl (C=O) groups is 1. The summed E-state index contributed by atoms with van der Waals surface area (Å²) in [6, 6.07) is 4.62. The van der Waals surface area contributed by atoms with Gasteiger partial charge >= 0.3 is 6.03 Å². The molecule has 0 radical (unpaired) electrons. The molecule has 11 heteroatoms. The third kappa shape index (κ3) is 4.49. The highest BCUT2D eigenvalue weighted by Gasteiger charge is 2.32. The van der Waals surface area contributed by atoms with E-state index in [4.69, 9.17) is 16.3 Å². The fraction of sp³-hybridized carbons (Fsp3) is 0.444. The van der Waals surface area contributed by atoms with E-state index in [0.717, 1.165) is 0 Å². The number of H-pyrrole nitrogens is 1. The summed E-state index contributed by atoms with van der Waals surface area (Å²) < 4.78 is 32.8. The first-order chi connectivity index (χ1) is 13.7. The highest BCUT2D eigenvalue weighted by atomic mass is 35.5. The SMILES string of the molecule is COc1ccc(Cl)cc1NC(=O)N1CCCN(S(=O)(=O)c2c(C)n[nH]c2C)CC1. The first-order valence-corrected chi connectivity index (χ1v) is 11.0. The first kappa shape index (κ1) is 21.4. The lowest BCUT2D eigenvalue weighted by atomic mass is 10.3. The zero-order valence-electron chi connectivity index (χ0n) is 16.5. The van der Waals surface area contributed by atoms with Crippen molar-refractivity contribution >= 4 is 33.3 Å². The lowest BCUT2D eigenvalue weighted by Crippen LogP contribution is -2.39. The maximum atomic E-state index is 13.0. The van der Waals surface area contributed by atoms with Crippen molar-refractivity contribution in [3.63, 3.8) is 0 Å². The molecule has 2 aromatic rings. The van der Waals surface area contributed by atoms with Crippen LogP contribution in [0.15, 0.2) is 23.1 Å². The van der Waals surface area contributed by atoms with Crippen molar-refractivity contribution < 1.29 is 17.9 Å². The predicted octanol–water partition coefficient (Wildman–Crippen LogP) is 2.62. The molecule has 0 bridgehead atoms. The van der Waals surface area contributed by atoms with E-state index in [9.17, 15) is 13.2 Å². The summed E-state index contributed by atoms with van der Waals surface area (Å²) in [5.41, 5.74) is 1.41. The maximum absolute atomic E-state index is 13.0. The van der Waals surface area contributed by atoms with Crippen molar-refractivity contribution in [2.75, 3.05) is 38.6 Å². The minimum atomic E-state index is -3.68. The number of rotatable bonds is 4. The maximum Gasteiger partial charge on any atom is 0.321 e. The van der Waals surface area contributed by atoms with Crippen molar-refractivity contribution in [3.05, 3.63) is 34.6 Å². The molecule has 1 saturated heterocycles. The Morgan fingerprint density at radius 1 is 1.24 bits per heavy atom. The second-order valence-electron chi connectivity index (χ2n) is 6.78. The summed E-state index contributed by atoms with van der Waals surface area (Å²) >= 11 is 6.01. The van der Waals surface area contributed by atoms with E-state index in [1.807, 2.05) is 0 Å². The Kier molecular flexibility index (Phi) is 6.35. The van der Waals surface area contributed by atoms with Crippen LogP contribution < -0.4 is 10.1 Å². The van der Waals surface area contributed by atoms with Crippen molar-refractivity contribution in [1.82, 2.24) is 19.4 Å². The highest BCUT2D eigenvalue weighted by Crippen LogP contribution is 2.28. The Morgan fingerprint density at radius 3 is 2.66 bits per heavy atom. The average molecular weight is 442 g/mol. The monoisotopic (exact) mass is 441 g/mol. The number of benzene rings is 1. The van der Waals surface area contributed by atoms with Crippen molar-refractivity contribution in [1.29, 1.82) is 0 Å². The Hall–Kier alpha value is -2.30. The number of hydrogen-bond donors (Lipinski definition) is 2. The molecule has 0 saturated carbocycles. The fourth-order valence-corrected chi connectivity index (χ4v) is 5.33. The normalized spacial score (nSPS) is 15.8. The van der Waals surface area contributed by atoms with Crippen LogP contribution in [0, 0.1) is 13.8 Å². The van der Waals surface area contributed by atoms with E-state index in [1.165, 1.54) is 11.4 Å². The molecule has 1 aromatic carbocycles. The number of nitrogens with zero attached hydrogens (tertiary/aromatic N) is 3. The zero-order valence-corrected chi connectivity index (χ0v) is 18.1. The van der Waals surface area contributed by atoms with E-state index >= 15 is 0 Å². The number of aromatic nitrogens is 2. The van der Waals surface area contributed by atoms with Gasteiger partial charge in [-0.1, -0.05) is 11.6 Å². The fourth-order valence-electron chi connectivity index (χ4n) is 3.36. The number of aromatic amines is 1. The van der Waals surface area contributed by atoms with Gasteiger partial charge in [-0.2, -0.15) is 9.40 Å². The summed E-state index contributed by atoms with van der Waals surface area (Å²) in [4.78, 5) is 14.5. The smallest absolute Gasteiger partial charge is 0.321 e. The second kappa shape index (κ2) is 8.60. The number of halogens is 1. The van der Waals surface area contributed by atoms with Crippen molar-refractivity contribution in [3.8, 4) is 5.75 Å². The molecule has 0 unspecified atom stereocenters. The molecule has 158 valence electrons. The van der Waals surface area contributed by atoms with Gasteiger partial charge in [-0.05, 0) is 38.5 Å². The molecule has 1 aliphatic heterocycles. The number of amides is 2. The topological polar surface area (TPSA) is 108 Å². The Balaban J connectivity index is 1.72. The third-order valence-electron chi connectivity index (χ3n) is 4.80. The summed E-state index contributed by atoms with van der Waals surface area (Å²) in [5, 5.41) is 9.97. The van der Waals surface area contributed by atoms with Crippen LogP contribution >= 0.6 is 11.6 Å². The first-order valence-electron chi connectivity index (χ1n) is 9.15. The van der Waals surface area contributed by atoms with E-state index in [1.54, 1.807) is 36.9 Å². The average Bonchev–Trinajstić information content (AvgIpc) is 2.87. The lowest BCUT2D eigenvalue weighted by molar-refractivity contribution is 0.214. The number of methoxy groups -OCH3 is 1. The minimum Gasteiger partial charge on any atom is -0.495 e. The van der Waals surface area contributed by atoms with Crippen LogP contribution in [-0.4, -0.2) is 67.1 Å². The molecule has 2 amide bonds. The molecular formula is C18H24ClN5O4S. The van der Waals surface area contributed by atoms with Gasteiger partial charge in [0.25, 0.3) is 0 Å². The summed E-state index contributed by atoms with van der Waals surface area (Å²) in [5.74, 6) is 0.493. The third-order valence-corrected chi connectivity index (χ3v) is 7.20. The predicted molar refractivity (Wildman–Crippen MR) is 110 cm³/mol. The molecule has 2 N–H and O–H groups in total. The Labute approximate surface area is 175 Å². The van der Waals surface area contributed by atoms with E-state index < -0.39 is 10.0 Å². The van der Waals surface area contributed by atoms with Gasteiger partial charge in [0.15, 0.2) is 0 Å². The standard InChI is InChI=1S/C18H24ClN5O4S/c1-12-17(13(2)22-21-12)29(26,27)24-8-4-7-23(9-10-24)18(25)20-15-11-14(19)5-6-16(15)28-3/h5-6,11H,4,7-10H2,1-3H3,(H,20,25)(H,21,22). The summed E-state index contributed by atoms with van der Waals surface area (Å²) in [6.45, 7) is 4.58. The summed E-state index contributed by atoms with van der Waals surface area (Å²) in [7, 11) is -2.18. The van der Waals surface area contributed by atoms with Crippen molar-refractivity contribution in [2.45, 2.75) is 25.2 Å². The number of ether oxygens (including phenoxy) is 1. The Bertz CT molecular complexity index is 988. The van der Waals surface area contributed by atoms with Crippen LogP contribution in [0.4, 0.5) is 10.5 Å². The van der Waals surface area contributed by atoms with Gasteiger partial charge in [-0.3, -0.25) is 5.10 Å². The quantitative estimate of drug-likeness (QED) is 0.758. The number of hydrogen-bond acceptors (Lipinski definition) is 5. The van der Waals surface area contributed by atoms with Gasteiger partial charge in [0.1, 0.15) is 10.6 Å². The van der Waals surface area contributed by atoms with Gasteiger partial charge in [-0.15, -0.1) is 0 Å². The molecule has 2 heterocycles. The van der Waals surface area contributed by atoms with Gasteiger partial charge < -0.3 is 15.0 Å². The second-order valence-corrected chi connectivity index (χ2v) is 9.09. The van der Waals surface area contributed by atoms with E-state index in [2.05, 4.69) is 15.5 Å². The Morgan fingerprint density at radius 2 is 2.00 bits per heavy atom. The number of anilines is 1. The van der Waals surface area contributed by atoms with Gasteiger partial charge in [-0.25, -0.2) is 13.2 Å². The molecular weight excluding hydrogens is 418 g/mol. The highest BCUT2D eigenvalue weighted by molar-refractivity contribution is 7.89. The van der Waals surface area contributed by atoms with Gasteiger partial charge in [0, 0.05) is 31.2 Å². The van der Waals surface area contributed by atoms with Crippen LogP contribution in [0.3, 0.4) is 0 Å². The minimum absolute atomic E-state index is 0.201. The molecule has 3 rings (SSSR count). The molecule has 1 fully saturated rings. The van der Waals surface area contributed by atoms with Crippen LogP contribution in [0.2, 0.25) is 5.02 Å². The summed E-state index contributed by atoms with van der Waals surface area (Å²) in [6.07, 6.45) is 0.523. The number of urea groups is 1. The molecule has 1 aromatic heterocycles. The van der Waals surface area contributed by atoms with Crippen LogP contribution in [0.1, 0.15) is 17.8 Å². The van der Waals surface area contributed by atoms with E-state index in [-0.39, 0.29) is 24.0 Å². The number of sulfonamides is 1. The molecule has 9 nitrogen and oxygen atoms in total. The van der Waals surface area contributed by atoms with Gasteiger partial charge in [0.05, 0.1) is 24.2 Å². The number of nitrogens with one attached hydrogen (secondary N) is 2. The molecule has 1 aliphatic rings. The molecule has 29 heavy (non-hydrogen) atoms. The molecule has 0 spiro atoms. The number of aryl methyl sites for hydroxylation is 2. The number of carbonyl (C=O) groups excluding carboxylic acids is 1. The van der Waals surface area contributed by atoms with E-state index in [0.29, 0.717) is 47.4 Å². The van der Waals surface area contributed by atoms with Gasteiger partial charge in [0.2, 0.25) is 10.0 Å². The molecule has 0 aliphatic carbocycles. The van der Waals surface area contributed by atoms with Crippen LogP contribution in [0.25, 0.3) is 0 Å². The zero-order chi connectivity index (χ0) is 21.2. The van der Waals surface area contributed by atoms with Crippen molar-refractivity contribution in [2.24, 2.45) is 0 Å². The van der Waals surface area contributed by atoms with Crippen LogP contribution in [-0.2, 0) is 10.0 Å². The molecule has 0 atom stereocenters. The lowest BCUT2D eigenvalue weighted by Gasteiger charge is -2.23. The largest absolute Gasteiger partial charge is 0.495 e.